The molecule has 0 fully saturated rings. The van der Waals surface area contributed by atoms with Crippen LogP contribution in [0.4, 0.5) is 0 Å². The van der Waals surface area contributed by atoms with Gasteiger partial charge >= 0.3 is 0 Å². The number of rotatable bonds is 6. The van der Waals surface area contributed by atoms with Gasteiger partial charge < -0.3 is 10.1 Å². The van der Waals surface area contributed by atoms with E-state index in [4.69, 9.17) is 16.3 Å². The Kier molecular flexibility index (Phi) is 5.63. The molecule has 0 heterocycles. The van der Waals surface area contributed by atoms with Crippen molar-refractivity contribution in [3.05, 3.63) is 30.3 Å². The first-order chi connectivity index (χ1) is 7.33. The van der Waals surface area contributed by atoms with E-state index in [2.05, 4.69) is 5.32 Å². The maximum absolute atomic E-state index is 11.2. The van der Waals surface area contributed by atoms with Gasteiger partial charge in [0, 0.05) is 12.4 Å². The second-order valence-electron chi connectivity index (χ2n) is 2.99. The fourth-order valence-corrected chi connectivity index (χ4v) is 1.14. The molecule has 0 atom stereocenters. The second-order valence-corrected chi connectivity index (χ2v) is 3.37. The molecule has 3 nitrogen and oxygen atoms in total. The van der Waals surface area contributed by atoms with Crippen LogP contribution in [0.25, 0.3) is 0 Å². The molecule has 0 saturated carbocycles. The van der Waals surface area contributed by atoms with E-state index < -0.39 is 0 Å². The van der Waals surface area contributed by atoms with Crippen molar-refractivity contribution in [2.24, 2.45) is 0 Å². The summed E-state index contributed by atoms with van der Waals surface area (Å²) in [5, 5.41) is 2.71. The van der Waals surface area contributed by atoms with Crippen molar-refractivity contribution in [1.82, 2.24) is 5.32 Å². The molecule has 0 aliphatic carbocycles. The van der Waals surface area contributed by atoms with Crippen LogP contribution >= 0.6 is 11.6 Å². The summed E-state index contributed by atoms with van der Waals surface area (Å²) in [5.41, 5.74) is 0. The van der Waals surface area contributed by atoms with Gasteiger partial charge in [-0.15, -0.1) is 11.6 Å². The van der Waals surface area contributed by atoms with Crippen LogP contribution in [0.5, 0.6) is 5.75 Å². The van der Waals surface area contributed by atoms with Gasteiger partial charge in [-0.3, -0.25) is 4.79 Å². The van der Waals surface area contributed by atoms with Crippen LogP contribution in [0.3, 0.4) is 0 Å². The van der Waals surface area contributed by atoms with E-state index in [0.717, 1.165) is 6.42 Å². The number of para-hydroxylation sites is 1. The summed E-state index contributed by atoms with van der Waals surface area (Å²) in [4.78, 5) is 11.2. The fraction of sp³-hybridized carbons (Fsp3) is 0.364. The number of halogens is 1. The lowest BCUT2D eigenvalue weighted by atomic mass is 10.3. The van der Waals surface area contributed by atoms with Crippen LogP contribution in [0.15, 0.2) is 30.3 Å². The van der Waals surface area contributed by atoms with E-state index in [9.17, 15) is 4.79 Å². The zero-order valence-electron chi connectivity index (χ0n) is 8.41. The highest BCUT2D eigenvalue weighted by Crippen LogP contribution is 2.07. The van der Waals surface area contributed by atoms with Gasteiger partial charge in [-0.1, -0.05) is 18.2 Å². The summed E-state index contributed by atoms with van der Waals surface area (Å²) in [6.07, 6.45) is 0.776. The number of hydrogen-bond donors (Lipinski definition) is 1. The van der Waals surface area contributed by atoms with E-state index >= 15 is 0 Å². The molecule has 0 radical (unpaired) electrons. The molecular formula is C11H14ClNO2. The predicted octanol–water partition coefficient (Wildman–Crippen LogP) is 1.81. The van der Waals surface area contributed by atoms with Gasteiger partial charge in [0.15, 0.2) is 6.61 Å². The quantitative estimate of drug-likeness (QED) is 0.595. The summed E-state index contributed by atoms with van der Waals surface area (Å²) in [7, 11) is 0. The first-order valence-electron chi connectivity index (χ1n) is 4.83. The van der Waals surface area contributed by atoms with Gasteiger partial charge in [-0.2, -0.15) is 0 Å². The molecule has 1 amide bonds. The minimum Gasteiger partial charge on any atom is -0.484 e. The normalized spacial score (nSPS) is 9.67. The van der Waals surface area contributed by atoms with Crippen LogP contribution in [-0.4, -0.2) is 24.9 Å². The Hall–Kier alpha value is -1.22. The maximum atomic E-state index is 11.2. The average molecular weight is 228 g/mol. The van der Waals surface area contributed by atoms with Crippen LogP contribution in [0.1, 0.15) is 6.42 Å². The molecular weight excluding hydrogens is 214 g/mol. The summed E-state index contributed by atoms with van der Waals surface area (Å²) in [6, 6.07) is 9.24. The van der Waals surface area contributed by atoms with Gasteiger partial charge in [-0.25, -0.2) is 0 Å². The smallest absolute Gasteiger partial charge is 0.257 e. The molecule has 1 aromatic rings. The van der Waals surface area contributed by atoms with Crippen LogP contribution in [-0.2, 0) is 4.79 Å². The summed E-state index contributed by atoms with van der Waals surface area (Å²) < 4.78 is 5.25. The molecule has 1 aromatic carbocycles. The number of hydrogen-bond acceptors (Lipinski definition) is 2. The molecule has 82 valence electrons. The van der Waals surface area contributed by atoms with E-state index in [1.807, 2.05) is 30.3 Å². The lowest BCUT2D eigenvalue weighted by Crippen LogP contribution is -2.29. The van der Waals surface area contributed by atoms with Gasteiger partial charge in [-0.05, 0) is 18.6 Å². The standard InChI is InChI=1S/C11H14ClNO2/c12-7-4-8-13-11(14)9-15-10-5-2-1-3-6-10/h1-3,5-6H,4,7-9H2,(H,13,14). The number of carbonyl (C=O) groups is 1. The fourth-order valence-electron chi connectivity index (χ4n) is 1.01. The number of benzene rings is 1. The first-order valence-corrected chi connectivity index (χ1v) is 5.37. The third-order valence-corrected chi connectivity index (χ3v) is 2.01. The Balaban J connectivity index is 2.17. The summed E-state index contributed by atoms with van der Waals surface area (Å²) in [5.74, 6) is 1.13. The van der Waals surface area contributed by atoms with Crippen LogP contribution in [0, 0.1) is 0 Å². The molecule has 15 heavy (non-hydrogen) atoms. The van der Waals surface area contributed by atoms with Crippen molar-refractivity contribution in [3.8, 4) is 5.75 Å². The van der Waals surface area contributed by atoms with Gasteiger partial charge in [0.25, 0.3) is 5.91 Å². The molecule has 4 heteroatoms. The largest absolute Gasteiger partial charge is 0.484 e. The zero-order chi connectivity index (χ0) is 10.9. The van der Waals surface area contributed by atoms with Crippen molar-refractivity contribution in [2.75, 3.05) is 19.0 Å². The van der Waals surface area contributed by atoms with E-state index in [1.165, 1.54) is 0 Å². The molecule has 0 aromatic heterocycles. The molecule has 0 unspecified atom stereocenters. The molecule has 0 saturated heterocycles. The first kappa shape index (κ1) is 11.9. The highest BCUT2D eigenvalue weighted by atomic mass is 35.5. The Morgan fingerprint density at radius 2 is 2.07 bits per heavy atom. The summed E-state index contributed by atoms with van der Waals surface area (Å²) >= 11 is 5.48. The van der Waals surface area contributed by atoms with Gasteiger partial charge in [0.2, 0.25) is 0 Å². The SMILES string of the molecule is O=C(COc1ccccc1)NCCCCl. The number of carbonyl (C=O) groups excluding carboxylic acids is 1. The Labute approximate surface area is 94.4 Å². The van der Waals surface area contributed by atoms with Crippen LogP contribution < -0.4 is 10.1 Å². The molecule has 1 rings (SSSR count). The van der Waals surface area contributed by atoms with Gasteiger partial charge in [0.1, 0.15) is 5.75 Å². The molecule has 0 aliphatic rings. The van der Waals surface area contributed by atoms with Crippen molar-refractivity contribution in [3.63, 3.8) is 0 Å². The second kappa shape index (κ2) is 7.12. The minimum absolute atomic E-state index is 0.0479. The van der Waals surface area contributed by atoms with Crippen molar-refractivity contribution >= 4 is 17.5 Å². The highest BCUT2D eigenvalue weighted by molar-refractivity contribution is 6.17. The molecule has 0 bridgehead atoms. The highest BCUT2D eigenvalue weighted by Gasteiger charge is 2.00. The van der Waals surface area contributed by atoms with Crippen molar-refractivity contribution < 1.29 is 9.53 Å². The maximum Gasteiger partial charge on any atom is 0.257 e. The number of alkyl halides is 1. The van der Waals surface area contributed by atoms with Crippen molar-refractivity contribution in [2.45, 2.75) is 6.42 Å². The topological polar surface area (TPSA) is 38.3 Å². The Morgan fingerprint density at radius 3 is 2.73 bits per heavy atom. The van der Waals surface area contributed by atoms with E-state index in [0.29, 0.717) is 18.2 Å². The third-order valence-electron chi connectivity index (χ3n) is 1.75. The number of nitrogens with one attached hydrogen (secondary N) is 1. The van der Waals surface area contributed by atoms with Gasteiger partial charge in [0.05, 0.1) is 0 Å². The monoisotopic (exact) mass is 227 g/mol. The van der Waals surface area contributed by atoms with Crippen LogP contribution in [0.2, 0.25) is 0 Å². The lowest BCUT2D eigenvalue weighted by molar-refractivity contribution is -0.123. The molecule has 0 aliphatic heterocycles. The minimum atomic E-state index is -0.121. The predicted molar refractivity (Wildman–Crippen MR) is 60.3 cm³/mol. The number of amides is 1. The summed E-state index contributed by atoms with van der Waals surface area (Å²) in [6.45, 7) is 0.646. The number of ether oxygens (including phenoxy) is 1. The average Bonchev–Trinajstić information content (AvgIpc) is 2.28. The lowest BCUT2D eigenvalue weighted by Gasteiger charge is -2.06. The van der Waals surface area contributed by atoms with Crippen molar-refractivity contribution in [1.29, 1.82) is 0 Å². The van der Waals surface area contributed by atoms with E-state index in [-0.39, 0.29) is 12.5 Å². The van der Waals surface area contributed by atoms with E-state index in [1.54, 1.807) is 0 Å². The Bertz CT molecular complexity index is 290. The molecule has 0 spiro atoms. The molecule has 1 N–H and O–H groups in total. The third kappa shape index (κ3) is 5.27. The zero-order valence-corrected chi connectivity index (χ0v) is 9.17. The Morgan fingerprint density at radius 1 is 1.33 bits per heavy atom.